The molecular weight excluding hydrogens is 350 g/mol. The first kappa shape index (κ1) is 24.3. The first-order valence-corrected chi connectivity index (χ1v) is 16.2. The molecule has 0 radical (unpaired) electrons. The van der Waals surface area contributed by atoms with Crippen molar-refractivity contribution in [3.8, 4) is 0 Å². The van der Waals surface area contributed by atoms with Crippen LogP contribution < -0.4 is 0 Å². The fourth-order valence-corrected chi connectivity index (χ4v) is 13.4. The van der Waals surface area contributed by atoms with E-state index in [0.717, 1.165) is 0 Å². The Balaban J connectivity index is 5.48. The van der Waals surface area contributed by atoms with Crippen LogP contribution in [-0.4, -0.2) is 51.9 Å². The second-order valence-corrected chi connectivity index (χ2v) is 19.6. The summed E-state index contributed by atoms with van der Waals surface area (Å²) in [4.78, 5) is 25.2. The van der Waals surface area contributed by atoms with Gasteiger partial charge in [0.05, 0.1) is 19.6 Å². The molecule has 0 bridgehead atoms. The quantitative estimate of drug-likeness (QED) is 0.415. The van der Waals surface area contributed by atoms with Crippen LogP contribution in [0.5, 0.6) is 0 Å². The zero-order valence-electron chi connectivity index (χ0n) is 17.9. The molecule has 7 heteroatoms. The van der Waals surface area contributed by atoms with Crippen LogP contribution in [0.15, 0.2) is 0 Å². The van der Waals surface area contributed by atoms with Crippen LogP contribution in [0.25, 0.3) is 0 Å². The van der Waals surface area contributed by atoms with Gasteiger partial charge in [-0.25, -0.2) is 0 Å². The summed E-state index contributed by atoms with van der Waals surface area (Å²) >= 11 is 0. The molecule has 0 N–H and O–H groups in total. The average molecular weight is 390 g/mol. The van der Waals surface area contributed by atoms with Gasteiger partial charge in [0.2, 0.25) is 0 Å². The summed E-state index contributed by atoms with van der Waals surface area (Å²) < 4.78 is 13.2. The van der Waals surface area contributed by atoms with E-state index in [9.17, 15) is 9.59 Å². The predicted octanol–water partition coefficient (Wildman–Crippen LogP) is 4.12. The molecule has 0 rings (SSSR count). The molecular formula is C18H39NO4Si2. The van der Waals surface area contributed by atoms with Crippen LogP contribution in [0.3, 0.4) is 0 Å². The molecule has 0 saturated carbocycles. The van der Waals surface area contributed by atoms with Gasteiger partial charge in [0.25, 0.3) is 0 Å². The zero-order valence-corrected chi connectivity index (χ0v) is 19.9. The van der Waals surface area contributed by atoms with E-state index < -0.39 is 22.5 Å². The molecule has 0 aromatic heterocycles. The Kier molecular flexibility index (Phi) is 9.61. The maximum atomic E-state index is 12.8. The third-order valence-corrected chi connectivity index (χ3v) is 11.1. The highest BCUT2D eigenvalue weighted by Crippen LogP contribution is 2.26. The minimum absolute atomic E-state index is 0.0676. The molecule has 1 atom stereocenters. The Bertz CT molecular complexity index is 425. The van der Waals surface area contributed by atoms with E-state index in [4.69, 9.17) is 9.47 Å². The third-order valence-electron chi connectivity index (χ3n) is 3.53. The molecule has 0 aromatic rings. The Hall–Kier alpha value is -0.666. The molecule has 0 aliphatic carbocycles. The lowest BCUT2D eigenvalue weighted by molar-refractivity contribution is -0.155. The van der Waals surface area contributed by atoms with Crippen LogP contribution in [0.4, 0.5) is 0 Å². The maximum absolute atomic E-state index is 12.8. The van der Waals surface area contributed by atoms with Gasteiger partial charge >= 0.3 is 11.9 Å². The maximum Gasteiger partial charge on any atom is 0.322 e. The van der Waals surface area contributed by atoms with E-state index in [1.807, 2.05) is 27.7 Å². The molecule has 0 aromatic carbocycles. The van der Waals surface area contributed by atoms with Gasteiger partial charge in [-0.1, -0.05) is 67.0 Å². The number of hydrogen-bond acceptors (Lipinski definition) is 5. The van der Waals surface area contributed by atoms with Gasteiger partial charge in [-0.05, 0) is 11.8 Å². The molecule has 5 nitrogen and oxygen atoms in total. The van der Waals surface area contributed by atoms with Crippen LogP contribution in [0.1, 0.15) is 34.1 Å². The summed E-state index contributed by atoms with van der Waals surface area (Å²) in [5.74, 6) is -0.0631. The number of carbonyl (C=O) groups excluding carboxylic acids is 2. The monoisotopic (exact) mass is 389 g/mol. The van der Waals surface area contributed by atoms with E-state index in [1.165, 1.54) is 0 Å². The number of carbonyl (C=O) groups is 2. The lowest BCUT2D eigenvalue weighted by atomic mass is 10.2. The second kappa shape index (κ2) is 9.87. The number of rotatable bonds is 10. The molecule has 0 heterocycles. The van der Waals surface area contributed by atoms with E-state index in [1.54, 1.807) is 0 Å². The van der Waals surface area contributed by atoms with Gasteiger partial charge in [0.1, 0.15) is 22.5 Å². The Morgan fingerprint density at radius 2 is 1.20 bits per heavy atom. The largest absolute Gasteiger partial charge is 0.465 e. The highest BCUT2D eigenvalue weighted by atomic mass is 28.4. The van der Waals surface area contributed by atoms with E-state index in [0.29, 0.717) is 13.2 Å². The van der Waals surface area contributed by atoms with Gasteiger partial charge in [-0.3, -0.25) is 9.59 Å². The highest BCUT2D eigenvalue weighted by Gasteiger charge is 2.44. The fourth-order valence-electron chi connectivity index (χ4n) is 3.04. The summed E-state index contributed by atoms with van der Waals surface area (Å²) in [7, 11) is -3.66. The molecule has 0 aliphatic rings. The lowest BCUT2D eigenvalue weighted by Crippen LogP contribution is -2.65. The molecule has 0 saturated heterocycles. The topological polar surface area (TPSA) is 55.8 Å². The van der Waals surface area contributed by atoms with Crippen molar-refractivity contribution in [2.45, 2.75) is 79.4 Å². The SMILES string of the molecule is CC(C)COC(=O)CC(C(=O)OCC(C)C)N([Si](C)(C)C)[Si](C)(C)C. The lowest BCUT2D eigenvalue weighted by Gasteiger charge is -2.47. The minimum Gasteiger partial charge on any atom is -0.465 e. The Morgan fingerprint density at radius 1 is 0.800 bits per heavy atom. The Morgan fingerprint density at radius 3 is 1.56 bits per heavy atom. The van der Waals surface area contributed by atoms with E-state index in [2.05, 4.69) is 43.5 Å². The van der Waals surface area contributed by atoms with Crippen molar-refractivity contribution in [3.63, 3.8) is 0 Å². The number of hydrogen-bond donors (Lipinski definition) is 0. The minimum atomic E-state index is -1.83. The highest BCUT2D eigenvalue weighted by molar-refractivity contribution is 6.89. The van der Waals surface area contributed by atoms with E-state index >= 15 is 0 Å². The summed E-state index contributed by atoms with van der Waals surface area (Å²) in [6, 6.07) is -0.545. The van der Waals surface area contributed by atoms with Gasteiger partial charge in [-0.15, -0.1) is 0 Å². The van der Waals surface area contributed by atoms with Gasteiger partial charge < -0.3 is 13.7 Å². The first-order chi connectivity index (χ1) is 11.2. The van der Waals surface area contributed by atoms with Gasteiger partial charge in [0.15, 0.2) is 0 Å². The van der Waals surface area contributed by atoms with Crippen molar-refractivity contribution in [2.75, 3.05) is 13.2 Å². The molecule has 0 spiro atoms. The van der Waals surface area contributed by atoms with Crippen molar-refractivity contribution in [1.29, 1.82) is 0 Å². The smallest absolute Gasteiger partial charge is 0.322 e. The standard InChI is InChI=1S/C18H39NO4Si2/c1-14(2)12-22-17(20)11-16(18(21)23-13-15(3)4)19(24(5,6)7)25(8,9)10/h14-16H,11-13H2,1-10H3. The van der Waals surface area contributed by atoms with Gasteiger partial charge in [0, 0.05) is 0 Å². The average Bonchev–Trinajstić information content (AvgIpc) is 2.38. The van der Waals surface area contributed by atoms with Crippen LogP contribution >= 0.6 is 0 Å². The normalized spacial score (nSPS) is 14.1. The predicted molar refractivity (Wildman–Crippen MR) is 109 cm³/mol. The van der Waals surface area contributed by atoms with E-state index in [-0.39, 0.29) is 30.2 Å². The zero-order chi connectivity index (χ0) is 20.0. The van der Waals surface area contributed by atoms with Crippen LogP contribution in [0, 0.1) is 11.8 Å². The molecule has 0 fully saturated rings. The van der Waals surface area contributed by atoms with Crippen molar-refractivity contribution in [3.05, 3.63) is 0 Å². The second-order valence-electron chi connectivity index (χ2n) is 9.53. The summed E-state index contributed by atoms with van der Waals surface area (Å²) in [5.41, 5.74) is 0. The summed E-state index contributed by atoms with van der Waals surface area (Å²) in [5, 5.41) is 0. The van der Waals surface area contributed by atoms with Crippen LogP contribution in [-0.2, 0) is 19.1 Å². The number of ether oxygens (including phenoxy) is 2. The van der Waals surface area contributed by atoms with Crippen LogP contribution in [0.2, 0.25) is 39.3 Å². The fraction of sp³-hybridized carbons (Fsp3) is 0.889. The number of esters is 2. The van der Waals surface area contributed by atoms with Crippen molar-refractivity contribution in [1.82, 2.24) is 4.23 Å². The van der Waals surface area contributed by atoms with Crippen molar-refractivity contribution >= 4 is 28.4 Å². The molecule has 25 heavy (non-hydrogen) atoms. The molecule has 148 valence electrons. The molecule has 0 aliphatic heterocycles. The van der Waals surface area contributed by atoms with Gasteiger partial charge in [-0.2, -0.15) is 0 Å². The number of nitrogens with zero attached hydrogens (tertiary/aromatic N) is 1. The van der Waals surface area contributed by atoms with Crippen molar-refractivity contribution in [2.24, 2.45) is 11.8 Å². The van der Waals surface area contributed by atoms with Crippen molar-refractivity contribution < 1.29 is 19.1 Å². The molecule has 1 unspecified atom stereocenters. The molecule has 0 amide bonds. The third kappa shape index (κ3) is 9.56. The summed E-state index contributed by atoms with van der Waals surface area (Å²) in [6.45, 7) is 22.1. The first-order valence-electron chi connectivity index (χ1n) is 9.28. The Labute approximate surface area is 156 Å². The summed E-state index contributed by atoms with van der Waals surface area (Å²) in [6.07, 6.45) is 0.0676.